The predicted molar refractivity (Wildman–Crippen MR) is 110 cm³/mol. The van der Waals surface area contributed by atoms with Crippen molar-refractivity contribution in [3.8, 4) is 17.1 Å². The zero-order valence-electron chi connectivity index (χ0n) is 15.8. The Balaban J connectivity index is 1.46. The maximum Gasteiger partial charge on any atom is 0.263 e. The average Bonchev–Trinajstić information content (AvgIpc) is 3.19. The Kier molecular flexibility index (Phi) is 5.35. The van der Waals surface area contributed by atoms with E-state index >= 15 is 0 Å². The summed E-state index contributed by atoms with van der Waals surface area (Å²) in [5.74, 6) is 0.286. The smallest absolute Gasteiger partial charge is 0.263 e. The second-order valence-electron chi connectivity index (χ2n) is 6.58. The minimum Gasteiger partial charge on any atom is -0.476 e. The van der Waals surface area contributed by atoms with Crippen LogP contribution in [0.5, 0.6) is 5.75 Å². The fourth-order valence-electron chi connectivity index (χ4n) is 3.01. The van der Waals surface area contributed by atoms with Crippen molar-refractivity contribution in [1.82, 2.24) is 15.5 Å². The Morgan fingerprint density at radius 2 is 1.97 bits per heavy atom. The lowest BCUT2D eigenvalue weighted by atomic mass is 10.2. The minimum absolute atomic E-state index is 0.0450. The summed E-state index contributed by atoms with van der Waals surface area (Å²) >= 11 is 6.13. The van der Waals surface area contributed by atoms with E-state index < -0.39 is 22.0 Å². The highest BCUT2D eigenvalue weighted by Crippen LogP contribution is 2.34. The Morgan fingerprint density at radius 1 is 1.23 bits per heavy atom. The van der Waals surface area contributed by atoms with Crippen LogP contribution in [0.1, 0.15) is 5.89 Å². The Morgan fingerprint density at radius 3 is 2.73 bits per heavy atom. The van der Waals surface area contributed by atoms with E-state index in [1.54, 1.807) is 48.5 Å². The molecule has 1 N–H and O–H groups in total. The van der Waals surface area contributed by atoms with E-state index in [1.807, 2.05) is 0 Å². The van der Waals surface area contributed by atoms with Crippen molar-refractivity contribution < 1.29 is 22.5 Å². The fraction of sp³-hybridized carbons (Fsp3) is 0.211. The molecule has 0 saturated heterocycles. The van der Waals surface area contributed by atoms with Crippen LogP contribution in [0, 0.1) is 0 Å². The lowest BCUT2D eigenvalue weighted by Gasteiger charge is -2.33. The van der Waals surface area contributed by atoms with E-state index in [-0.39, 0.29) is 19.0 Å². The molecular formula is C19H17ClN4O5S. The van der Waals surface area contributed by atoms with Gasteiger partial charge in [-0.15, -0.1) is 0 Å². The highest BCUT2D eigenvalue weighted by molar-refractivity contribution is 7.92. The second kappa shape index (κ2) is 7.96. The van der Waals surface area contributed by atoms with Crippen molar-refractivity contribution in [2.75, 3.05) is 17.1 Å². The molecule has 4 rings (SSSR count). The van der Waals surface area contributed by atoms with Crippen LogP contribution in [0.25, 0.3) is 11.4 Å². The number of amides is 1. The summed E-state index contributed by atoms with van der Waals surface area (Å²) in [5, 5.41) is 6.98. The predicted octanol–water partition coefficient (Wildman–Crippen LogP) is 2.23. The number of rotatable bonds is 5. The van der Waals surface area contributed by atoms with Gasteiger partial charge < -0.3 is 14.6 Å². The van der Waals surface area contributed by atoms with Crippen LogP contribution in [0.4, 0.5) is 5.69 Å². The third kappa shape index (κ3) is 4.10. The number of hydrogen-bond donors (Lipinski definition) is 1. The van der Waals surface area contributed by atoms with Crippen LogP contribution in [0.15, 0.2) is 53.1 Å². The van der Waals surface area contributed by atoms with Crippen LogP contribution < -0.4 is 14.4 Å². The zero-order valence-corrected chi connectivity index (χ0v) is 17.4. The number of para-hydroxylation sites is 2. The molecule has 11 heteroatoms. The molecule has 0 bridgehead atoms. The number of halogens is 1. The summed E-state index contributed by atoms with van der Waals surface area (Å²) in [7, 11) is -3.58. The molecule has 2 aromatic carbocycles. The van der Waals surface area contributed by atoms with Crippen LogP contribution in [0.3, 0.4) is 0 Å². The van der Waals surface area contributed by atoms with E-state index in [0.717, 1.165) is 10.6 Å². The molecule has 1 aliphatic rings. The normalized spacial score (nSPS) is 15.9. The molecule has 0 aliphatic carbocycles. The van der Waals surface area contributed by atoms with Gasteiger partial charge in [0, 0.05) is 5.56 Å². The summed E-state index contributed by atoms with van der Waals surface area (Å²) in [5.41, 5.74) is 1.00. The van der Waals surface area contributed by atoms with E-state index in [4.69, 9.17) is 20.9 Å². The number of sulfonamides is 1. The largest absolute Gasteiger partial charge is 0.476 e. The van der Waals surface area contributed by atoms with Gasteiger partial charge in [-0.25, -0.2) is 8.42 Å². The zero-order chi connectivity index (χ0) is 21.3. The van der Waals surface area contributed by atoms with Gasteiger partial charge in [-0.05, 0) is 24.3 Å². The molecule has 1 aliphatic heterocycles. The third-order valence-corrected chi connectivity index (χ3v) is 5.90. The number of anilines is 1. The summed E-state index contributed by atoms with van der Waals surface area (Å²) in [6.45, 7) is -0.187. The maximum atomic E-state index is 12.6. The van der Waals surface area contributed by atoms with Gasteiger partial charge in [0.25, 0.3) is 5.91 Å². The second-order valence-corrected chi connectivity index (χ2v) is 8.89. The van der Waals surface area contributed by atoms with Gasteiger partial charge in [-0.2, -0.15) is 4.98 Å². The van der Waals surface area contributed by atoms with Gasteiger partial charge in [0.2, 0.25) is 21.7 Å². The molecule has 0 saturated carbocycles. The molecule has 2 heterocycles. The maximum absolute atomic E-state index is 12.6. The lowest BCUT2D eigenvalue weighted by molar-refractivity contribution is -0.128. The topological polar surface area (TPSA) is 115 Å². The van der Waals surface area contributed by atoms with Gasteiger partial charge in [-0.1, -0.05) is 41.0 Å². The molecule has 1 amide bonds. The molecule has 0 unspecified atom stereocenters. The number of carbonyl (C=O) groups excluding carboxylic acids is 1. The Labute approximate surface area is 177 Å². The number of nitrogens with one attached hydrogen (secondary N) is 1. The molecule has 0 spiro atoms. The number of benzene rings is 2. The number of ether oxygens (including phenoxy) is 1. The summed E-state index contributed by atoms with van der Waals surface area (Å²) in [6, 6.07) is 13.7. The monoisotopic (exact) mass is 448 g/mol. The summed E-state index contributed by atoms with van der Waals surface area (Å²) < 4.78 is 36.3. The minimum atomic E-state index is -3.58. The standard InChI is InChI=1S/C19H17ClN4O5S/c1-30(26,27)24-11-16(28-15-9-5-4-8-14(15)24)19(25)21-10-17-22-18(23-29-17)12-6-2-3-7-13(12)20/h2-9,16H,10-11H2,1H3,(H,21,25)/t16-/m1/s1. The highest BCUT2D eigenvalue weighted by Gasteiger charge is 2.34. The molecule has 30 heavy (non-hydrogen) atoms. The molecular weight excluding hydrogens is 432 g/mol. The first-order valence-corrected chi connectivity index (χ1v) is 11.1. The van der Waals surface area contributed by atoms with Gasteiger partial charge >= 0.3 is 0 Å². The van der Waals surface area contributed by atoms with E-state index in [1.165, 1.54) is 0 Å². The van der Waals surface area contributed by atoms with E-state index in [0.29, 0.717) is 27.8 Å². The number of hydrogen-bond acceptors (Lipinski definition) is 7. The number of fused-ring (bicyclic) bond motifs is 1. The van der Waals surface area contributed by atoms with Gasteiger partial charge in [-0.3, -0.25) is 9.10 Å². The average molecular weight is 449 g/mol. The van der Waals surface area contributed by atoms with Gasteiger partial charge in [0.05, 0.1) is 30.1 Å². The molecule has 1 atom stereocenters. The van der Waals surface area contributed by atoms with Crippen molar-refractivity contribution in [2.45, 2.75) is 12.6 Å². The lowest BCUT2D eigenvalue weighted by Crippen LogP contribution is -2.50. The molecule has 3 aromatic rings. The fourth-order valence-corrected chi connectivity index (χ4v) is 4.14. The molecule has 1 aromatic heterocycles. The highest BCUT2D eigenvalue weighted by atomic mass is 35.5. The van der Waals surface area contributed by atoms with Crippen LogP contribution >= 0.6 is 11.6 Å². The number of aromatic nitrogens is 2. The van der Waals surface area contributed by atoms with Crippen molar-refractivity contribution >= 4 is 33.2 Å². The Hall–Kier alpha value is -3.11. The van der Waals surface area contributed by atoms with Crippen molar-refractivity contribution in [3.63, 3.8) is 0 Å². The Bertz CT molecular complexity index is 1200. The summed E-state index contributed by atoms with van der Waals surface area (Å²) in [6.07, 6.45) is 0.0549. The first kappa shape index (κ1) is 20.2. The quantitative estimate of drug-likeness (QED) is 0.636. The SMILES string of the molecule is CS(=O)(=O)N1C[C@H](C(=O)NCc2nc(-c3ccccc3Cl)no2)Oc2ccccc21. The summed E-state index contributed by atoms with van der Waals surface area (Å²) in [4.78, 5) is 16.8. The first-order valence-electron chi connectivity index (χ1n) is 8.91. The molecule has 0 fully saturated rings. The van der Waals surface area contributed by atoms with Gasteiger partial charge in [0.1, 0.15) is 5.75 Å². The molecule has 0 radical (unpaired) electrons. The molecule has 9 nitrogen and oxygen atoms in total. The van der Waals surface area contributed by atoms with Crippen molar-refractivity contribution in [3.05, 3.63) is 59.4 Å². The van der Waals surface area contributed by atoms with Crippen LogP contribution in [-0.4, -0.2) is 43.4 Å². The van der Waals surface area contributed by atoms with Crippen molar-refractivity contribution in [2.24, 2.45) is 0 Å². The third-order valence-electron chi connectivity index (χ3n) is 4.42. The van der Waals surface area contributed by atoms with Gasteiger partial charge in [0.15, 0.2) is 6.10 Å². The van der Waals surface area contributed by atoms with E-state index in [9.17, 15) is 13.2 Å². The first-order chi connectivity index (χ1) is 14.3. The van der Waals surface area contributed by atoms with E-state index in [2.05, 4.69) is 15.5 Å². The van der Waals surface area contributed by atoms with Crippen molar-refractivity contribution in [1.29, 1.82) is 0 Å². The molecule has 156 valence electrons. The van der Waals surface area contributed by atoms with Crippen LogP contribution in [0.2, 0.25) is 5.02 Å². The number of carbonyl (C=O) groups is 1. The number of nitrogens with zero attached hydrogens (tertiary/aromatic N) is 3. The van der Waals surface area contributed by atoms with Crippen LogP contribution in [-0.2, 0) is 21.4 Å².